The number of hydrogen-bond donors (Lipinski definition) is 1. The Hall–Kier alpha value is -0.830. The summed E-state index contributed by atoms with van der Waals surface area (Å²) in [6.07, 6.45) is 6.85. The summed E-state index contributed by atoms with van der Waals surface area (Å²) in [5.74, 6) is 0. The number of aliphatic hydroxyl groups is 1. The molecule has 2 rings (SSSR count). The highest BCUT2D eigenvalue weighted by atomic mass is 16.3. The predicted octanol–water partition coefficient (Wildman–Crippen LogP) is 2.31. The van der Waals surface area contributed by atoms with Crippen molar-refractivity contribution in [3.05, 3.63) is 18.0 Å². The summed E-state index contributed by atoms with van der Waals surface area (Å²) in [4.78, 5) is 0. The maximum atomic E-state index is 10.0. The van der Waals surface area contributed by atoms with Gasteiger partial charge in [-0.05, 0) is 38.7 Å². The Morgan fingerprint density at radius 3 is 2.87 bits per heavy atom. The molecule has 1 aromatic heterocycles. The molecule has 0 aliphatic heterocycles. The minimum atomic E-state index is -0.450. The van der Waals surface area contributed by atoms with Crippen LogP contribution in [0.4, 0.5) is 0 Å². The van der Waals surface area contributed by atoms with Crippen LogP contribution in [0.3, 0.4) is 0 Å². The molecule has 1 atom stereocenters. The molecule has 0 spiro atoms. The van der Waals surface area contributed by atoms with Gasteiger partial charge in [-0.1, -0.05) is 6.92 Å². The summed E-state index contributed by atoms with van der Waals surface area (Å²) >= 11 is 0. The number of nitrogens with zero attached hydrogens (tertiary/aromatic N) is 2. The minimum Gasteiger partial charge on any atom is -0.389 e. The average Bonchev–Trinajstić information content (AvgIpc) is 2.62. The fourth-order valence-corrected chi connectivity index (χ4v) is 2.00. The highest BCUT2D eigenvalue weighted by molar-refractivity contribution is 5.06. The summed E-state index contributed by atoms with van der Waals surface area (Å²) in [7, 11) is 0. The Balaban J connectivity index is 2.00. The van der Waals surface area contributed by atoms with Gasteiger partial charge in [0, 0.05) is 18.7 Å². The zero-order valence-electron chi connectivity index (χ0n) is 9.61. The highest BCUT2D eigenvalue weighted by Crippen LogP contribution is 2.34. The molecule has 1 aromatic rings. The Labute approximate surface area is 91.1 Å². The summed E-state index contributed by atoms with van der Waals surface area (Å²) in [5, 5.41) is 14.5. The molecule has 15 heavy (non-hydrogen) atoms. The van der Waals surface area contributed by atoms with Gasteiger partial charge < -0.3 is 5.11 Å². The van der Waals surface area contributed by atoms with Crippen LogP contribution in [0.1, 0.15) is 51.3 Å². The van der Waals surface area contributed by atoms with Crippen LogP contribution in [0, 0.1) is 0 Å². The Kier molecular flexibility index (Phi) is 2.83. The molecule has 1 aliphatic carbocycles. The van der Waals surface area contributed by atoms with Crippen molar-refractivity contribution in [1.29, 1.82) is 0 Å². The van der Waals surface area contributed by atoms with E-state index in [1.165, 1.54) is 0 Å². The topological polar surface area (TPSA) is 38.0 Å². The van der Waals surface area contributed by atoms with Crippen LogP contribution >= 0.6 is 0 Å². The maximum absolute atomic E-state index is 10.0. The van der Waals surface area contributed by atoms with Crippen molar-refractivity contribution < 1.29 is 5.11 Å². The summed E-state index contributed by atoms with van der Waals surface area (Å²) in [5.41, 5.74) is 0.576. The monoisotopic (exact) mass is 208 g/mol. The number of aromatic nitrogens is 2. The lowest BCUT2D eigenvalue weighted by molar-refractivity contribution is -0.0331. The lowest BCUT2D eigenvalue weighted by atomic mass is 9.77. The molecule has 0 aromatic carbocycles. The minimum absolute atomic E-state index is 0.450. The molecule has 1 saturated carbocycles. The van der Waals surface area contributed by atoms with E-state index in [0.717, 1.165) is 37.8 Å². The normalized spacial score (nSPS) is 21.0. The van der Waals surface area contributed by atoms with Crippen molar-refractivity contribution in [3.63, 3.8) is 0 Å². The third-order valence-corrected chi connectivity index (χ3v) is 3.50. The predicted molar refractivity (Wildman–Crippen MR) is 59.7 cm³/mol. The summed E-state index contributed by atoms with van der Waals surface area (Å²) in [6.45, 7) is 4.32. The molecular formula is C12H20N2O. The van der Waals surface area contributed by atoms with Crippen LogP contribution in [-0.4, -0.2) is 20.5 Å². The molecule has 84 valence electrons. The molecule has 1 aliphatic rings. The van der Waals surface area contributed by atoms with Gasteiger partial charge in [0.25, 0.3) is 0 Å². The maximum Gasteiger partial charge on any atom is 0.0703 e. The fourth-order valence-electron chi connectivity index (χ4n) is 2.00. The van der Waals surface area contributed by atoms with Crippen molar-refractivity contribution in [2.75, 3.05) is 0 Å². The van der Waals surface area contributed by atoms with E-state index in [4.69, 9.17) is 0 Å². The molecule has 1 unspecified atom stereocenters. The zero-order valence-corrected chi connectivity index (χ0v) is 9.61. The third-order valence-electron chi connectivity index (χ3n) is 3.50. The zero-order chi connectivity index (χ0) is 10.9. The second-order valence-corrected chi connectivity index (χ2v) is 4.80. The van der Waals surface area contributed by atoms with Gasteiger partial charge in [-0.25, -0.2) is 0 Å². The van der Waals surface area contributed by atoms with Crippen LogP contribution in [0.2, 0.25) is 0 Å². The van der Waals surface area contributed by atoms with E-state index in [1.54, 1.807) is 0 Å². The van der Waals surface area contributed by atoms with Gasteiger partial charge in [-0.2, -0.15) is 5.10 Å². The molecule has 1 heterocycles. The molecule has 0 radical (unpaired) electrons. The number of rotatable bonds is 4. The Morgan fingerprint density at radius 1 is 1.60 bits per heavy atom. The second kappa shape index (κ2) is 3.97. The van der Waals surface area contributed by atoms with Crippen molar-refractivity contribution in [3.8, 4) is 0 Å². The van der Waals surface area contributed by atoms with Crippen molar-refractivity contribution in [2.45, 2.75) is 57.6 Å². The molecule has 1 fully saturated rings. The smallest absolute Gasteiger partial charge is 0.0703 e. The van der Waals surface area contributed by atoms with Gasteiger partial charge in [0.05, 0.1) is 11.3 Å². The molecule has 0 amide bonds. The van der Waals surface area contributed by atoms with Crippen LogP contribution in [0.5, 0.6) is 0 Å². The van der Waals surface area contributed by atoms with Crippen molar-refractivity contribution >= 4 is 0 Å². The van der Waals surface area contributed by atoms with E-state index in [2.05, 4.69) is 18.9 Å². The van der Waals surface area contributed by atoms with E-state index < -0.39 is 5.60 Å². The Bertz CT molecular complexity index is 328. The largest absolute Gasteiger partial charge is 0.389 e. The van der Waals surface area contributed by atoms with Crippen LogP contribution in [0.25, 0.3) is 0 Å². The first-order valence-corrected chi connectivity index (χ1v) is 5.89. The van der Waals surface area contributed by atoms with Gasteiger partial charge in [0.1, 0.15) is 0 Å². The van der Waals surface area contributed by atoms with Crippen molar-refractivity contribution in [2.24, 2.45) is 0 Å². The molecule has 3 heteroatoms. The molecule has 0 saturated heterocycles. The Morgan fingerprint density at radius 2 is 2.33 bits per heavy atom. The molecule has 0 bridgehead atoms. The van der Waals surface area contributed by atoms with E-state index in [-0.39, 0.29) is 0 Å². The van der Waals surface area contributed by atoms with Gasteiger partial charge in [-0.15, -0.1) is 0 Å². The summed E-state index contributed by atoms with van der Waals surface area (Å²) < 4.78 is 2.00. The average molecular weight is 208 g/mol. The van der Waals surface area contributed by atoms with E-state index in [9.17, 15) is 5.11 Å². The van der Waals surface area contributed by atoms with E-state index in [0.29, 0.717) is 6.04 Å². The van der Waals surface area contributed by atoms with E-state index in [1.807, 2.05) is 16.9 Å². The van der Waals surface area contributed by atoms with Gasteiger partial charge in [0.2, 0.25) is 0 Å². The van der Waals surface area contributed by atoms with Crippen LogP contribution < -0.4 is 0 Å². The lowest BCUT2D eigenvalue weighted by Crippen LogP contribution is -2.39. The second-order valence-electron chi connectivity index (χ2n) is 4.80. The SMILES string of the molecule is CCC(C)n1ccc(CC2(O)CCC2)n1. The highest BCUT2D eigenvalue weighted by Gasteiger charge is 2.35. The molecule has 3 nitrogen and oxygen atoms in total. The van der Waals surface area contributed by atoms with Gasteiger partial charge in [0.15, 0.2) is 0 Å². The van der Waals surface area contributed by atoms with Crippen LogP contribution in [-0.2, 0) is 6.42 Å². The fraction of sp³-hybridized carbons (Fsp3) is 0.750. The standard InChI is InChI=1S/C12H20N2O/c1-3-10(2)14-8-5-11(13-14)9-12(15)6-4-7-12/h5,8,10,15H,3-4,6-7,9H2,1-2H3. The first-order chi connectivity index (χ1) is 7.13. The summed E-state index contributed by atoms with van der Waals surface area (Å²) in [6, 6.07) is 2.48. The van der Waals surface area contributed by atoms with Gasteiger partial charge in [-0.3, -0.25) is 4.68 Å². The third kappa shape index (κ3) is 2.23. The first-order valence-electron chi connectivity index (χ1n) is 5.89. The van der Waals surface area contributed by atoms with Crippen molar-refractivity contribution in [1.82, 2.24) is 9.78 Å². The number of hydrogen-bond acceptors (Lipinski definition) is 2. The molecule has 1 N–H and O–H groups in total. The lowest BCUT2D eigenvalue weighted by Gasteiger charge is -2.35. The first kappa shape index (κ1) is 10.7. The van der Waals surface area contributed by atoms with E-state index >= 15 is 0 Å². The quantitative estimate of drug-likeness (QED) is 0.824. The van der Waals surface area contributed by atoms with Gasteiger partial charge >= 0.3 is 0 Å². The molecular weight excluding hydrogens is 188 g/mol. The van der Waals surface area contributed by atoms with Crippen LogP contribution in [0.15, 0.2) is 12.3 Å².